The van der Waals surface area contributed by atoms with E-state index in [-0.39, 0.29) is 35.4 Å². The molecule has 0 unspecified atom stereocenters. The summed E-state index contributed by atoms with van der Waals surface area (Å²) in [6.45, 7) is 0.595. The van der Waals surface area contributed by atoms with Gasteiger partial charge in [0.15, 0.2) is 15.5 Å². The average Bonchev–Trinajstić information content (AvgIpc) is 3.38. The summed E-state index contributed by atoms with van der Waals surface area (Å²) in [5.74, 6) is 0.269. The van der Waals surface area contributed by atoms with E-state index in [0.717, 1.165) is 17.3 Å². The predicted octanol–water partition coefficient (Wildman–Crippen LogP) is 2.74. The Balaban J connectivity index is 1.39. The minimum Gasteiger partial charge on any atom is -0.390 e. The summed E-state index contributed by atoms with van der Waals surface area (Å²) in [6, 6.07) is 15.5. The monoisotopic (exact) mass is 581 g/mol. The number of aromatic nitrogens is 3. The highest BCUT2D eigenvalue weighted by molar-refractivity contribution is 7.91. The van der Waals surface area contributed by atoms with Crippen LogP contribution in [-0.2, 0) is 49.0 Å². The first kappa shape index (κ1) is 27.5. The van der Waals surface area contributed by atoms with Crippen LogP contribution in [0.1, 0.15) is 23.4 Å². The molecule has 1 aliphatic rings. The minimum atomic E-state index is -3.31. The molecule has 0 saturated heterocycles. The van der Waals surface area contributed by atoms with Gasteiger partial charge in [0.1, 0.15) is 22.3 Å². The summed E-state index contributed by atoms with van der Waals surface area (Å²) in [7, 11) is -6.43. The van der Waals surface area contributed by atoms with Gasteiger partial charge < -0.3 is 9.40 Å². The highest BCUT2D eigenvalue weighted by Crippen LogP contribution is 2.31. The zero-order valence-electron chi connectivity index (χ0n) is 21.9. The molecule has 4 aromatic rings. The lowest BCUT2D eigenvalue weighted by atomic mass is 10.2. The number of pyridine rings is 1. The van der Waals surface area contributed by atoms with Gasteiger partial charge in [0.2, 0.25) is 0 Å². The molecule has 1 aliphatic heterocycles. The van der Waals surface area contributed by atoms with Crippen molar-refractivity contribution in [3.63, 3.8) is 0 Å². The summed E-state index contributed by atoms with van der Waals surface area (Å²) in [5, 5.41) is 4.12. The number of nitrogens with zero attached hydrogens (tertiary/aromatic N) is 5. The fourth-order valence-corrected chi connectivity index (χ4v) is 5.81. The van der Waals surface area contributed by atoms with E-state index in [0.29, 0.717) is 35.6 Å². The van der Waals surface area contributed by atoms with E-state index < -0.39 is 19.7 Å². The molecular weight excluding hydrogens is 554 g/mol. The molecule has 1 amide bonds. The van der Waals surface area contributed by atoms with Crippen LogP contribution < -0.4 is 4.90 Å². The number of benzene rings is 2. The van der Waals surface area contributed by atoms with Crippen molar-refractivity contribution in [2.45, 2.75) is 31.0 Å². The molecule has 40 heavy (non-hydrogen) atoms. The number of aryl methyl sites for hydroxylation is 1. The fraction of sp³-hybridized carbons (Fsp3) is 0.259. The van der Waals surface area contributed by atoms with E-state index in [2.05, 4.69) is 10.1 Å². The van der Waals surface area contributed by atoms with Crippen LogP contribution in [0.4, 0.5) is 5.69 Å². The maximum absolute atomic E-state index is 13.5. The molecule has 0 atom stereocenters. The largest absolute Gasteiger partial charge is 0.390 e. The standard InChI is InChI=1S/C27H27N5O6S2/c1-39(34,35)15-5-14-31-24-7-4-3-6-22(24)29-25(31)17-32-23-12-13-28-16-21(23)26(27(32)33)30-38-18-19-8-10-20(11-9-19)40(2,36)37/h3-4,6-13,16H,5,14-15,17-18H2,1-2H3/b30-26+. The quantitative estimate of drug-likeness (QED) is 0.260. The van der Waals surface area contributed by atoms with Crippen LogP contribution in [0.5, 0.6) is 0 Å². The summed E-state index contributed by atoms with van der Waals surface area (Å²) < 4.78 is 48.7. The molecule has 3 heterocycles. The Hall–Kier alpha value is -4.10. The molecule has 11 nitrogen and oxygen atoms in total. The van der Waals surface area contributed by atoms with Crippen molar-refractivity contribution < 1.29 is 26.5 Å². The van der Waals surface area contributed by atoms with Crippen molar-refractivity contribution in [1.82, 2.24) is 14.5 Å². The molecule has 0 N–H and O–H groups in total. The smallest absolute Gasteiger partial charge is 0.281 e. The third kappa shape index (κ3) is 5.89. The molecule has 0 saturated carbocycles. The molecule has 13 heteroatoms. The highest BCUT2D eigenvalue weighted by Gasteiger charge is 2.36. The molecular formula is C27H27N5O6S2. The number of imidazole rings is 1. The molecule has 2 aromatic carbocycles. The van der Waals surface area contributed by atoms with Crippen molar-refractivity contribution in [1.29, 1.82) is 0 Å². The second-order valence-electron chi connectivity index (χ2n) is 9.57. The second kappa shape index (κ2) is 10.8. The molecule has 0 aliphatic carbocycles. The van der Waals surface area contributed by atoms with Crippen LogP contribution in [0.3, 0.4) is 0 Å². The molecule has 208 valence electrons. The minimum absolute atomic E-state index is 0.0343. The molecule has 0 radical (unpaired) electrons. The zero-order valence-corrected chi connectivity index (χ0v) is 23.5. The first-order chi connectivity index (χ1) is 19.0. The molecule has 0 spiro atoms. The number of hydrogen-bond acceptors (Lipinski definition) is 9. The van der Waals surface area contributed by atoms with E-state index in [1.165, 1.54) is 18.4 Å². The average molecular weight is 582 g/mol. The predicted molar refractivity (Wildman–Crippen MR) is 150 cm³/mol. The maximum Gasteiger partial charge on any atom is 0.281 e. The van der Waals surface area contributed by atoms with E-state index in [9.17, 15) is 21.6 Å². The van der Waals surface area contributed by atoms with E-state index in [1.54, 1.807) is 35.5 Å². The third-order valence-electron chi connectivity index (χ3n) is 6.46. The number of rotatable bonds is 10. The normalized spacial score (nSPS) is 14.7. The summed E-state index contributed by atoms with van der Waals surface area (Å²) >= 11 is 0. The number of oxime groups is 1. The van der Waals surface area contributed by atoms with Crippen LogP contribution in [0.15, 0.2) is 77.0 Å². The van der Waals surface area contributed by atoms with Crippen molar-refractivity contribution >= 4 is 48.0 Å². The van der Waals surface area contributed by atoms with Gasteiger partial charge in [0.05, 0.1) is 39.5 Å². The van der Waals surface area contributed by atoms with E-state index in [4.69, 9.17) is 9.82 Å². The topological polar surface area (TPSA) is 141 Å². The number of hydrogen-bond donors (Lipinski definition) is 0. The molecule has 2 aromatic heterocycles. The van der Waals surface area contributed by atoms with Gasteiger partial charge in [-0.15, -0.1) is 0 Å². The first-order valence-corrected chi connectivity index (χ1v) is 16.3. The molecule has 5 rings (SSSR count). The number of para-hydroxylation sites is 2. The lowest BCUT2D eigenvalue weighted by Crippen LogP contribution is -2.31. The maximum atomic E-state index is 13.5. The van der Waals surface area contributed by atoms with E-state index in [1.807, 2.05) is 28.8 Å². The van der Waals surface area contributed by atoms with E-state index >= 15 is 0 Å². The SMILES string of the molecule is CS(=O)(=O)CCCn1c(CN2C(=O)/C(=N/OCc3ccc(S(C)(=O)=O)cc3)c3cnccc32)nc2ccccc21. The van der Waals surface area contributed by atoms with Gasteiger partial charge in [-0.25, -0.2) is 21.8 Å². The van der Waals surface area contributed by atoms with Crippen LogP contribution >= 0.6 is 0 Å². The Morgan fingerprint density at radius 3 is 2.45 bits per heavy atom. The number of amides is 1. The zero-order chi connectivity index (χ0) is 28.5. The Morgan fingerprint density at radius 2 is 1.73 bits per heavy atom. The van der Waals surface area contributed by atoms with Gasteiger partial charge in [-0.2, -0.15) is 0 Å². The van der Waals surface area contributed by atoms with Gasteiger partial charge in [-0.1, -0.05) is 29.4 Å². The summed E-state index contributed by atoms with van der Waals surface area (Å²) in [4.78, 5) is 29.7. The Kier molecular flexibility index (Phi) is 7.43. The number of carbonyl (C=O) groups excluding carboxylic acids is 1. The number of carbonyl (C=O) groups is 1. The number of fused-ring (bicyclic) bond motifs is 2. The van der Waals surface area contributed by atoms with Gasteiger partial charge >= 0.3 is 0 Å². The van der Waals surface area contributed by atoms with Gasteiger partial charge in [0, 0.05) is 31.4 Å². The van der Waals surface area contributed by atoms with Gasteiger partial charge in [-0.05, 0) is 42.3 Å². The first-order valence-electron chi connectivity index (χ1n) is 12.4. The molecule has 0 fully saturated rings. The fourth-order valence-electron chi connectivity index (χ4n) is 4.53. The van der Waals surface area contributed by atoms with Crippen LogP contribution in [0, 0.1) is 0 Å². The summed E-state index contributed by atoms with van der Waals surface area (Å²) in [6.07, 6.45) is 5.89. The Morgan fingerprint density at radius 1 is 0.975 bits per heavy atom. The Bertz CT molecular complexity index is 1830. The third-order valence-corrected chi connectivity index (χ3v) is 8.62. The van der Waals surface area contributed by atoms with Crippen molar-refractivity contribution in [2.24, 2.45) is 5.16 Å². The van der Waals surface area contributed by atoms with Crippen molar-refractivity contribution in [3.05, 3.63) is 83.9 Å². The number of anilines is 1. The lowest BCUT2D eigenvalue weighted by Gasteiger charge is -2.17. The second-order valence-corrected chi connectivity index (χ2v) is 13.8. The van der Waals surface area contributed by atoms with Crippen LogP contribution in [0.2, 0.25) is 0 Å². The number of sulfone groups is 2. The van der Waals surface area contributed by atoms with Crippen molar-refractivity contribution in [3.8, 4) is 0 Å². The lowest BCUT2D eigenvalue weighted by molar-refractivity contribution is -0.112. The van der Waals surface area contributed by atoms with Crippen molar-refractivity contribution in [2.75, 3.05) is 23.2 Å². The van der Waals surface area contributed by atoms with Crippen LogP contribution in [0.25, 0.3) is 11.0 Å². The van der Waals surface area contributed by atoms with Gasteiger partial charge in [0.25, 0.3) is 5.91 Å². The van der Waals surface area contributed by atoms with Gasteiger partial charge in [-0.3, -0.25) is 14.7 Å². The molecule has 0 bridgehead atoms. The van der Waals surface area contributed by atoms with Crippen LogP contribution in [-0.4, -0.2) is 61.3 Å². The summed E-state index contributed by atoms with van der Waals surface area (Å²) in [5.41, 5.74) is 3.50. The highest BCUT2D eigenvalue weighted by atomic mass is 32.2. The Labute approximate surface area is 231 Å².